The fourth-order valence-corrected chi connectivity index (χ4v) is 8.39. The molecule has 0 bridgehead atoms. The number of furan rings is 1. The normalized spacial score (nSPS) is 14.4. The molecule has 0 N–H and O–H groups in total. The molecule has 4 heteroatoms. The van der Waals surface area contributed by atoms with Crippen LogP contribution in [-0.2, 0) is 0 Å². The predicted octanol–water partition coefficient (Wildman–Crippen LogP) is 13.4. The van der Waals surface area contributed by atoms with Gasteiger partial charge in [0.2, 0.25) is 0 Å². The second-order valence-corrected chi connectivity index (χ2v) is 14.5. The zero-order chi connectivity index (χ0) is 37.0. The van der Waals surface area contributed by atoms with E-state index in [0.717, 1.165) is 66.9 Å². The number of hydrogen-bond donors (Lipinski definition) is 0. The second kappa shape index (κ2) is 13.2. The molecule has 0 saturated heterocycles. The molecule has 0 radical (unpaired) electrons. The Labute approximate surface area is 324 Å². The third-order valence-corrected chi connectivity index (χ3v) is 11.2. The highest BCUT2D eigenvalue weighted by Gasteiger charge is 2.24. The minimum Gasteiger partial charge on any atom is -0.454 e. The van der Waals surface area contributed by atoms with Gasteiger partial charge < -0.3 is 8.98 Å². The average Bonchev–Trinajstić information content (AvgIpc) is 3.82. The van der Waals surface area contributed by atoms with Gasteiger partial charge in [-0.15, -0.1) is 0 Å². The molecule has 1 aliphatic heterocycles. The number of amidine groups is 1. The quantitative estimate of drug-likeness (QED) is 0.169. The lowest BCUT2D eigenvalue weighted by Crippen LogP contribution is -2.17. The van der Waals surface area contributed by atoms with E-state index < -0.39 is 0 Å². The van der Waals surface area contributed by atoms with E-state index in [0.29, 0.717) is 6.42 Å². The molecule has 0 fully saturated rings. The lowest BCUT2D eigenvalue weighted by molar-refractivity contribution is 0.663. The van der Waals surface area contributed by atoms with Crippen molar-refractivity contribution in [2.45, 2.75) is 12.5 Å². The smallest absolute Gasteiger partial charge is 0.159 e. The van der Waals surface area contributed by atoms with Crippen molar-refractivity contribution in [3.8, 4) is 27.9 Å². The van der Waals surface area contributed by atoms with Crippen LogP contribution >= 0.6 is 0 Å². The summed E-state index contributed by atoms with van der Waals surface area (Å²) in [6.45, 7) is 0. The Balaban J connectivity index is 1.08. The average molecular weight is 718 g/mol. The molecule has 8 aromatic carbocycles. The van der Waals surface area contributed by atoms with Gasteiger partial charge in [-0.3, -0.25) is 4.99 Å². The zero-order valence-corrected chi connectivity index (χ0v) is 30.5. The van der Waals surface area contributed by atoms with Gasteiger partial charge >= 0.3 is 0 Å². The summed E-state index contributed by atoms with van der Waals surface area (Å²) in [7, 11) is 0. The van der Waals surface area contributed by atoms with Crippen molar-refractivity contribution in [3.63, 3.8) is 0 Å². The maximum atomic E-state index is 6.97. The van der Waals surface area contributed by atoms with Gasteiger partial charge in [-0.2, -0.15) is 0 Å². The monoisotopic (exact) mass is 717 g/mol. The number of benzene rings is 8. The number of nitrogens with zero attached hydrogens (tertiary/aromatic N) is 3. The molecule has 0 amide bonds. The van der Waals surface area contributed by atoms with E-state index >= 15 is 0 Å². The van der Waals surface area contributed by atoms with Crippen LogP contribution < -0.4 is 0 Å². The van der Waals surface area contributed by atoms with Gasteiger partial charge in [-0.1, -0.05) is 164 Å². The van der Waals surface area contributed by atoms with Crippen molar-refractivity contribution >= 4 is 55.3 Å². The Bertz CT molecular complexity index is 3140. The highest BCUT2D eigenvalue weighted by molar-refractivity contribution is 6.15. The minimum atomic E-state index is -0.109. The summed E-state index contributed by atoms with van der Waals surface area (Å²) in [5, 5.41) is 4.58. The molecular formula is C52H35N3O. The van der Waals surface area contributed by atoms with Crippen LogP contribution in [0, 0.1) is 0 Å². The lowest BCUT2D eigenvalue weighted by Gasteiger charge is -2.21. The Morgan fingerprint density at radius 1 is 0.446 bits per heavy atom. The third kappa shape index (κ3) is 5.46. The summed E-state index contributed by atoms with van der Waals surface area (Å²) >= 11 is 0. The van der Waals surface area contributed by atoms with Crippen LogP contribution in [0.15, 0.2) is 209 Å². The second-order valence-electron chi connectivity index (χ2n) is 14.5. The minimum absolute atomic E-state index is 0.109. The van der Waals surface area contributed by atoms with Gasteiger partial charge in [-0.25, -0.2) is 4.99 Å². The van der Waals surface area contributed by atoms with E-state index in [1.54, 1.807) is 0 Å². The van der Waals surface area contributed by atoms with Gasteiger partial charge in [-0.05, 0) is 63.7 Å². The van der Waals surface area contributed by atoms with Crippen LogP contribution in [0.3, 0.4) is 0 Å². The molecule has 264 valence electrons. The fraction of sp³-hybridized carbons (Fsp3) is 0.0385. The van der Waals surface area contributed by atoms with E-state index in [9.17, 15) is 0 Å². The van der Waals surface area contributed by atoms with E-state index in [1.165, 1.54) is 33.0 Å². The van der Waals surface area contributed by atoms with Crippen molar-refractivity contribution in [1.29, 1.82) is 0 Å². The first-order valence-electron chi connectivity index (χ1n) is 19.2. The highest BCUT2D eigenvalue weighted by Crippen LogP contribution is 2.41. The first kappa shape index (κ1) is 32.2. The summed E-state index contributed by atoms with van der Waals surface area (Å²) < 4.78 is 9.35. The molecule has 0 saturated carbocycles. The summed E-state index contributed by atoms with van der Waals surface area (Å²) in [6.07, 6.45) is 0.702. The van der Waals surface area contributed by atoms with Crippen molar-refractivity contribution in [3.05, 3.63) is 211 Å². The summed E-state index contributed by atoms with van der Waals surface area (Å²) in [5.41, 5.74) is 14.0. The van der Waals surface area contributed by atoms with Crippen LogP contribution in [0.2, 0.25) is 0 Å². The molecule has 1 unspecified atom stereocenters. The van der Waals surface area contributed by atoms with Crippen LogP contribution in [0.5, 0.6) is 0 Å². The Hall–Kier alpha value is -7.30. The Morgan fingerprint density at radius 3 is 1.79 bits per heavy atom. The zero-order valence-electron chi connectivity index (χ0n) is 30.5. The van der Waals surface area contributed by atoms with Crippen LogP contribution in [0.1, 0.15) is 29.2 Å². The predicted molar refractivity (Wildman–Crippen MR) is 232 cm³/mol. The fourth-order valence-electron chi connectivity index (χ4n) is 8.39. The molecule has 1 atom stereocenters. The standard InChI is InChI=1S/C52H35N3O/c1-5-14-34(15-6-1)38-26-29-47-44(30-38)41-27-24-39(35-16-7-2-8-17-35)31-49(41)55(47)48-23-13-22-43-42-28-25-40(32-50(42)56-51(43)48)46-33-45(36-18-9-3-10-19-36)53-52(54-46)37-20-11-4-12-21-37/h1-32,46H,33H2. The summed E-state index contributed by atoms with van der Waals surface area (Å²) in [5.74, 6) is 0.754. The molecule has 10 aromatic rings. The first-order valence-corrected chi connectivity index (χ1v) is 19.2. The van der Waals surface area contributed by atoms with E-state index in [1.807, 2.05) is 24.3 Å². The van der Waals surface area contributed by atoms with Crippen LogP contribution in [0.25, 0.3) is 71.7 Å². The summed E-state index contributed by atoms with van der Waals surface area (Å²) in [4.78, 5) is 10.3. The highest BCUT2D eigenvalue weighted by atomic mass is 16.3. The van der Waals surface area contributed by atoms with E-state index in [2.05, 4.69) is 174 Å². The maximum Gasteiger partial charge on any atom is 0.159 e. The van der Waals surface area contributed by atoms with Crippen molar-refractivity contribution in [2.24, 2.45) is 9.98 Å². The molecule has 4 nitrogen and oxygen atoms in total. The first-order chi connectivity index (χ1) is 27.7. The molecule has 1 aliphatic rings. The number of para-hydroxylation sites is 1. The number of rotatable bonds is 6. The molecular weight excluding hydrogens is 683 g/mol. The number of aromatic nitrogens is 1. The van der Waals surface area contributed by atoms with Gasteiger partial charge in [0.1, 0.15) is 5.58 Å². The Kier molecular flexibility index (Phi) is 7.59. The summed E-state index contributed by atoms with van der Waals surface area (Å²) in [6, 6.07) is 68.6. The maximum absolute atomic E-state index is 6.97. The molecule has 0 aliphatic carbocycles. The number of hydrogen-bond acceptors (Lipinski definition) is 3. The van der Waals surface area contributed by atoms with E-state index in [-0.39, 0.29) is 6.04 Å². The van der Waals surface area contributed by atoms with E-state index in [4.69, 9.17) is 14.4 Å². The largest absolute Gasteiger partial charge is 0.454 e. The molecule has 56 heavy (non-hydrogen) atoms. The molecule has 3 heterocycles. The van der Waals surface area contributed by atoms with Crippen molar-refractivity contribution in [1.82, 2.24) is 4.57 Å². The van der Waals surface area contributed by atoms with Gasteiger partial charge in [0.25, 0.3) is 0 Å². The number of fused-ring (bicyclic) bond motifs is 6. The SMILES string of the molecule is c1ccc(C2=NC(c3ccccc3)=NC(c3ccc4c(c3)oc3c(-n5c6ccc(-c7ccccc7)cc6c6ccc(-c7ccccc7)cc65)cccc34)C2)cc1. The van der Waals surface area contributed by atoms with Crippen LogP contribution in [-0.4, -0.2) is 16.1 Å². The van der Waals surface area contributed by atoms with Gasteiger partial charge in [0.15, 0.2) is 11.4 Å². The van der Waals surface area contributed by atoms with Crippen molar-refractivity contribution < 1.29 is 4.42 Å². The third-order valence-electron chi connectivity index (χ3n) is 11.2. The Morgan fingerprint density at radius 2 is 1.07 bits per heavy atom. The number of aliphatic imine (C=N–C) groups is 2. The molecule has 2 aromatic heterocycles. The van der Waals surface area contributed by atoms with Gasteiger partial charge in [0, 0.05) is 33.5 Å². The molecule has 11 rings (SSSR count). The lowest BCUT2D eigenvalue weighted by atomic mass is 9.95. The van der Waals surface area contributed by atoms with Gasteiger partial charge in [0.05, 0.1) is 28.5 Å². The molecule has 0 spiro atoms. The van der Waals surface area contributed by atoms with Crippen LogP contribution in [0.4, 0.5) is 0 Å². The van der Waals surface area contributed by atoms with Crippen molar-refractivity contribution in [2.75, 3.05) is 0 Å². The topological polar surface area (TPSA) is 42.8 Å².